The molecule has 0 spiro atoms. The molecule has 0 saturated carbocycles. The Morgan fingerprint density at radius 1 is 1.33 bits per heavy atom. The van der Waals surface area contributed by atoms with Crippen molar-refractivity contribution in [2.75, 3.05) is 26.7 Å². The van der Waals surface area contributed by atoms with E-state index in [0.29, 0.717) is 6.04 Å². The summed E-state index contributed by atoms with van der Waals surface area (Å²) >= 11 is 0. The molecule has 2 nitrogen and oxygen atoms in total. The summed E-state index contributed by atoms with van der Waals surface area (Å²) in [5, 5.41) is 3.39. The molecular weight excluding hydrogens is 184 g/mol. The van der Waals surface area contributed by atoms with Crippen molar-refractivity contribution >= 4 is 0 Å². The van der Waals surface area contributed by atoms with E-state index in [1.54, 1.807) is 0 Å². The van der Waals surface area contributed by atoms with Crippen molar-refractivity contribution in [3.05, 3.63) is 12.2 Å². The van der Waals surface area contributed by atoms with Crippen molar-refractivity contribution in [2.24, 2.45) is 5.92 Å². The molecule has 0 radical (unpaired) electrons. The van der Waals surface area contributed by atoms with Gasteiger partial charge in [0.1, 0.15) is 0 Å². The van der Waals surface area contributed by atoms with Crippen LogP contribution in [0.4, 0.5) is 0 Å². The van der Waals surface area contributed by atoms with Gasteiger partial charge in [-0.25, -0.2) is 0 Å². The van der Waals surface area contributed by atoms with Crippen LogP contribution in [0.2, 0.25) is 0 Å². The summed E-state index contributed by atoms with van der Waals surface area (Å²) in [5.74, 6) is 0.779. The van der Waals surface area contributed by atoms with Gasteiger partial charge in [0, 0.05) is 25.7 Å². The molecule has 0 aromatic heterocycles. The summed E-state index contributed by atoms with van der Waals surface area (Å²) in [5.41, 5.74) is 1.27. The van der Waals surface area contributed by atoms with Crippen molar-refractivity contribution in [2.45, 2.75) is 40.2 Å². The summed E-state index contributed by atoms with van der Waals surface area (Å²) in [4.78, 5) is 2.36. The van der Waals surface area contributed by atoms with Gasteiger partial charge in [-0.15, -0.1) is 0 Å². The Morgan fingerprint density at radius 3 is 2.40 bits per heavy atom. The van der Waals surface area contributed by atoms with Crippen LogP contribution in [-0.2, 0) is 0 Å². The Balaban J connectivity index is 3.66. The molecule has 0 heterocycles. The first-order valence-corrected chi connectivity index (χ1v) is 6.04. The zero-order chi connectivity index (χ0) is 11.8. The van der Waals surface area contributed by atoms with Crippen molar-refractivity contribution in [3.8, 4) is 0 Å². The molecule has 0 saturated heterocycles. The predicted molar refractivity (Wildman–Crippen MR) is 69.2 cm³/mol. The molecule has 0 aromatic carbocycles. The molecule has 0 aromatic rings. The average Bonchev–Trinajstić information content (AvgIpc) is 2.14. The highest BCUT2D eigenvalue weighted by molar-refractivity contribution is 4.99. The van der Waals surface area contributed by atoms with Crippen LogP contribution in [0.25, 0.3) is 0 Å². The van der Waals surface area contributed by atoms with E-state index in [2.05, 4.69) is 51.5 Å². The number of nitrogens with one attached hydrogen (secondary N) is 1. The van der Waals surface area contributed by atoms with Gasteiger partial charge >= 0.3 is 0 Å². The lowest BCUT2D eigenvalue weighted by molar-refractivity contribution is 0.300. The SMILES string of the molecule is C=C(CNC(C)C)CN(C)CC(C)CC. The number of rotatable bonds is 8. The Hall–Kier alpha value is -0.340. The first-order valence-electron chi connectivity index (χ1n) is 6.04. The maximum atomic E-state index is 4.10. The predicted octanol–water partition coefficient (Wildman–Crippen LogP) is 2.52. The van der Waals surface area contributed by atoms with E-state index in [-0.39, 0.29) is 0 Å². The number of likely N-dealkylation sites (N-methyl/N-ethyl adjacent to an activating group) is 1. The van der Waals surface area contributed by atoms with Gasteiger partial charge in [0.25, 0.3) is 0 Å². The van der Waals surface area contributed by atoms with E-state index in [9.17, 15) is 0 Å². The summed E-state index contributed by atoms with van der Waals surface area (Å²) in [6.07, 6.45) is 1.25. The molecule has 1 N–H and O–H groups in total. The molecule has 0 aliphatic rings. The quantitative estimate of drug-likeness (QED) is 0.622. The van der Waals surface area contributed by atoms with Gasteiger partial charge in [0.05, 0.1) is 0 Å². The van der Waals surface area contributed by atoms with Gasteiger partial charge in [-0.2, -0.15) is 0 Å². The second-order valence-corrected chi connectivity index (χ2v) is 5.00. The zero-order valence-corrected chi connectivity index (χ0v) is 11.1. The van der Waals surface area contributed by atoms with Gasteiger partial charge < -0.3 is 10.2 Å². The fourth-order valence-corrected chi connectivity index (χ4v) is 1.51. The highest BCUT2D eigenvalue weighted by Gasteiger charge is 2.05. The topological polar surface area (TPSA) is 15.3 Å². The maximum Gasteiger partial charge on any atom is 0.0199 e. The Labute approximate surface area is 95.7 Å². The summed E-state index contributed by atoms with van der Waals surface area (Å²) in [6, 6.07) is 0.543. The average molecular weight is 212 g/mol. The molecule has 0 aliphatic heterocycles. The van der Waals surface area contributed by atoms with Crippen LogP contribution in [0.5, 0.6) is 0 Å². The van der Waals surface area contributed by atoms with Gasteiger partial charge in [-0.05, 0) is 18.5 Å². The van der Waals surface area contributed by atoms with Crippen molar-refractivity contribution in [1.82, 2.24) is 10.2 Å². The highest BCUT2D eigenvalue weighted by Crippen LogP contribution is 2.04. The third kappa shape index (κ3) is 8.64. The lowest BCUT2D eigenvalue weighted by atomic mass is 10.1. The minimum Gasteiger partial charge on any atom is -0.311 e. The van der Waals surface area contributed by atoms with Crippen molar-refractivity contribution < 1.29 is 0 Å². The normalized spacial score (nSPS) is 13.5. The molecule has 0 amide bonds. The molecule has 15 heavy (non-hydrogen) atoms. The second kappa shape index (κ2) is 7.89. The molecule has 0 aliphatic carbocycles. The summed E-state index contributed by atoms with van der Waals surface area (Å²) in [6.45, 7) is 16.1. The van der Waals surface area contributed by atoms with Crippen LogP contribution < -0.4 is 5.32 Å². The monoisotopic (exact) mass is 212 g/mol. The number of hydrogen-bond acceptors (Lipinski definition) is 2. The lowest BCUT2D eigenvalue weighted by Gasteiger charge is -2.22. The first kappa shape index (κ1) is 14.7. The molecule has 0 fully saturated rings. The van der Waals surface area contributed by atoms with Crippen LogP contribution in [0.15, 0.2) is 12.2 Å². The van der Waals surface area contributed by atoms with Crippen LogP contribution in [0.1, 0.15) is 34.1 Å². The molecule has 1 unspecified atom stereocenters. The lowest BCUT2D eigenvalue weighted by Crippen LogP contribution is -2.31. The van der Waals surface area contributed by atoms with E-state index >= 15 is 0 Å². The third-order valence-corrected chi connectivity index (χ3v) is 2.57. The van der Waals surface area contributed by atoms with Crippen LogP contribution >= 0.6 is 0 Å². The summed E-state index contributed by atoms with van der Waals surface area (Å²) < 4.78 is 0. The molecule has 0 bridgehead atoms. The Bertz CT molecular complexity index is 175. The Morgan fingerprint density at radius 2 is 1.93 bits per heavy atom. The highest BCUT2D eigenvalue weighted by atomic mass is 15.1. The zero-order valence-electron chi connectivity index (χ0n) is 11.1. The van der Waals surface area contributed by atoms with Crippen LogP contribution in [0, 0.1) is 5.92 Å². The number of nitrogens with zero attached hydrogens (tertiary/aromatic N) is 1. The Kier molecular flexibility index (Phi) is 7.71. The fourth-order valence-electron chi connectivity index (χ4n) is 1.51. The van der Waals surface area contributed by atoms with E-state index in [4.69, 9.17) is 0 Å². The van der Waals surface area contributed by atoms with Crippen molar-refractivity contribution in [3.63, 3.8) is 0 Å². The smallest absolute Gasteiger partial charge is 0.0199 e. The van der Waals surface area contributed by atoms with Crippen LogP contribution in [-0.4, -0.2) is 37.6 Å². The number of hydrogen-bond donors (Lipinski definition) is 1. The maximum absolute atomic E-state index is 4.10. The molecule has 2 heteroatoms. The van der Waals surface area contributed by atoms with Gasteiger partial charge in [0.15, 0.2) is 0 Å². The van der Waals surface area contributed by atoms with Crippen molar-refractivity contribution in [1.29, 1.82) is 0 Å². The molecule has 0 rings (SSSR count). The fraction of sp³-hybridized carbons (Fsp3) is 0.846. The summed E-state index contributed by atoms with van der Waals surface area (Å²) in [7, 11) is 2.17. The minimum absolute atomic E-state index is 0.543. The van der Waals surface area contributed by atoms with E-state index in [1.165, 1.54) is 12.0 Å². The van der Waals surface area contributed by atoms with Gasteiger partial charge in [0.2, 0.25) is 0 Å². The third-order valence-electron chi connectivity index (χ3n) is 2.57. The largest absolute Gasteiger partial charge is 0.311 e. The second-order valence-electron chi connectivity index (χ2n) is 5.00. The van der Waals surface area contributed by atoms with E-state index < -0.39 is 0 Å². The minimum atomic E-state index is 0.543. The molecule has 1 atom stereocenters. The van der Waals surface area contributed by atoms with E-state index in [0.717, 1.165) is 25.6 Å². The van der Waals surface area contributed by atoms with Crippen LogP contribution in [0.3, 0.4) is 0 Å². The van der Waals surface area contributed by atoms with Gasteiger partial charge in [-0.1, -0.05) is 40.7 Å². The first-order chi connectivity index (χ1) is 6.95. The molecule has 90 valence electrons. The van der Waals surface area contributed by atoms with Gasteiger partial charge in [-0.3, -0.25) is 0 Å². The van der Waals surface area contributed by atoms with E-state index in [1.807, 2.05) is 0 Å². The standard InChI is InChI=1S/C13H28N2/c1-7-12(4)9-15(6)10-13(5)8-14-11(2)3/h11-12,14H,5,7-10H2,1-4,6H3. The molecular formula is C13H28N2.